The number of carbonyl (C=O) groups excluding carboxylic acids is 1. The molecule has 0 aromatic heterocycles. The number of phenolic OH excluding ortho intramolecular Hbond substituents is 1. The van der Waals surface area contributed by atoms with Crippen LogP contribution in [0.1, 0.15) is 12.0 Å². The van der Waals surface area contributed by atoms with E-state index in [9.17, 15) is 40.7 Å². The van der Waals surface area contributed by atoms with Crippen molar-refractivity contribution in [3.8, 4) is 17.6 Å². The predicted molar refractivity (Wildman–Crippen MR) is 127 cm³/mol. The van der Waals surface area contributed by atoms with E-state index in [0.717, 1.165) is 12.2 Å². The Balaban J connectivity index is 1.82. The second-order valence-corrected chi connectivity index (χ2v) is 8.72. The molecule has 2 fully saturated rings. The number of hydrogen-bond acceptors (Lipinski definition) is 13. The second kappa shape index (κ2) is 13.1. The average molecular weight is 538 g/mol. The molecule has 0 amide bonds. The summed E-state index contributed by atoms with van der Waals surface area (Å²) in [6.45, 7) is -0.704. The van der Waals surface area contributed by atoms with Gasteiger partial charge in [0.05, 0.1) is 32.0 Å². The molecule has 1 aromatic rings. The van der Waals surface area contributed by atoms with Gasteiger partial charge in [0.15, 0.2) is 23.9 Å². The third kappa shape index (κ3) is 6.49. The van der Waals surface area contributed by atoms with Crippen molar-refractivity contribution in [3.63, 3.8) is 0 Å². The average Bonchev–Trinajstić information content (AvgIpc) is 2.90. The molecule has 3 rings (SSSR count). The van der Waals surface area contributed by atoms with Gasteiger partial charge in [-0.15, -0.1) is 0 Å². The number of nitrogens with zero attached hydrogens (tertiary/aromatic N) is 1. The van der Waals surface area contributed by atoms with Crippen LogP contribution in [0, 0.1) is 11.3 Å². The normalized spacial score (nSPS) is 34.7. The molecule has 1 aromatic carbocycles. The number of phenols is 1. The minimum Gasteiger partial charge on any atom is -0.504 e. The van der Waals surface area contributed by atoms with Gasteiger partial charge in [-0.1, -0.05) is 6.07 Å². The Morgan fingerprint density at radius 2 is 1.92 bits per heavy atom. The van der Waals surface area contributed by atoms with E-state index in [-0.39, 0.29) is 23.5 Å². The molecule has 0 bridgehead atoms. The van der Waals surface area contributed by atoms with Crippen molar-refractivity contribution < 1.29 is 59.1 Å². The number of hydrogen-bond donors (Lipinski definition) is 6. The molecule has 13 heteroatoms. The minimum atomic E-state index is -1.74. The van der Waals surface area contributed by atoms with Gasteiger partial charge in [0.1, 0.15) is 30.5 Å². The Morgan fingerprint density at radius 3 is 2.55 bits per heavy atom. The van der Waals surface area contributed by atoms with Crippen LogP contribution in [0.4, 0.5) is 0 Å². The molecular weight excluding hydrogens is 506 g/mol. The van der Waals surface area contributed by atoms with Crippen molar-refractivity contribution in [2.75, 3.05) is 20.8 Å². The van der Waals surface area contributed by atoms with Gasteiger partial charge < -0.3 is 54.3 Å². The quantitative estimate of drug-likeness (QED) is 0.130. The molecule has 6 N–H and O–H groups in total. The lowest BCUT2D eigenvalue weighted by Gasteiger charge is -2.44. The zero-order valence-corrected chi connectivity index (χ0v) is 20.7. The first kappa shape index (κ1) is 29.5. The van der Waals surface area contributed by atoms with E-state index in [2.05, 4.69) is 0 Å². The Kier molecular flexibility index (Phi) is 10.2. The highest BCUT2D eigenvalue weighted by molar-refractivity contribution is 5.87. The molecule has 9 atom stereocenters. The van der Waals surface area contributed by atoms with Crippen molar-refractivity contribution >= 4 is 12.0 Å². The maximum Gasteiger partial charge on any atom is 0.331 e. The van der Waals surface area contributed by atoms with Crippen LogP contribution in [0.2, 0.25) is 0 Å². The number of esters is 1. The highest BCUT2D eigenvalue weighted by atomic mass is 16.7. The highest BCUT2D eigenvalue weighted by Crippen LogP contribution is 2.33. The first-order valence-electron chi connectivity index (χ1n) is 11.7. The summed E-state index contributed by atoms with van der Waals surface area (Å²) in [6.07, 6.45) is -9.36. The van der Waals surface area contributed by atoms with Gasteiger partial charge in [-0.3, -0.25) is 0 Å². The van der Waals surface area contributed by atoms with E-state index < -0.39 is 67.7 Å². The third-order valence-electron chi connectivity index (χ3n) is 6.35. The summed E-state index contributed by atoms with van der Waals surface area (Å²) in [6, 6.07) is 6.13. The third-order valence-corrected chi connectivity index (χ3v) is 6.35. The van der Waals surface area contributed by atoms with Gasteiger partial charge in [0.2, 0.25) is 0 Å². The van der Waals surface area contributed by atoms with Crippen molar-refractivity contribution in [2.24, 2.45) is 0 Å². The van der Waals surface area contributed by atoms with Crippen molar-refractivity contribution in [2.45, 2.75) is 61.5 Å². The summed E-state index contributed by atoms with van der Waals surface area (Å²) >= 11 is 0. The number of rotatable bonds is 8. The molecule has 1 aliphatic carbocycles. The van der Waals surface area contributed by atoms with Crippen molar-refractivity contribution in [1.29, 1.82) is 5.26 Å². The number of allylic oxidation sites excluding steroid dienone is 1. The lowest BCUT2D eigenvalue weighted by molar-refractivity contribution is -0.314. The van der Waals surface area contributed by atoms with Gasteiger partial charge in [-0.2, -0.15) is 5.26 Å². The fourth-order valence-corrected chi connectivity index (χ4v) is 4.34. The molecule has 38 heavy (non-hydrogen) atoms. The highest BCUT2D eigenvalue weighted by Gasteiger charge is 2.50. The smallest absolute Gasteiger partial charge is 0.331 e. The zero-order chi connectivity index (χ0) is 28.0. The summed E-state index contributed by atoms with van der Waals surface area (Å²) in [5.74, 6) is -0.873. The molecule has 1 aliphatic heterocycles. The first-order valence-corrected chi connectivity index (χ1v) is 11.7. The van der Waals surface area contributed by atoms with Crippen LogP contribution in [-0.4, -0.2) is 113 Å². The number of methoxy groups -OCH3 is 2. The lowest BCUT2D eigenvalue weighted by Crippen LogP contribution is -2.61. The number of aromatic hydroxyl groups is 1. The van der Waals surface area contributed by atoms with E-state index in [4.69, 9.17) is 23.7 Å². The van der Waals surface area contributed by atoms with Crippen LogP contribution < -0.4 is 4.74 Å². The van der Waals surface area contributed by atoms with Gasteiger partial charge in [-0.05, 0) is 23.8 Å². The Labute approximate surface area is 218 Å². The van der Waals surface area contributed by atoms with Crippen LogP contribution in [0.15, 0.2) is 35.9 Å². The van der Waals surface area contributed by atoms with Crippen molar-refractivity contribution in [3.05, 3.63) is 41.5 Å². The molecular formula is C25H31NO12. The van der Waals surface area contributed by atoms with E-state index >= 15 is 0 Å². The van der Waals surface area contributed by atoms with Gasteiger partial charge in [0.25, 0.3) is 0 Å². The molecule has 13 nitrogen and oxygen atoms in total. The first-order chi connectivity index (χ1) is 18.1. The summed E-state index contributed by atoms with van der Waals surface area (Å²) in [7, 11) is 2.65. The predicted octanol–water partition coefficient (Wildman–Crippen LogP) is -1.26. The SMILES string of the molecule is COc1cc(/C=C/C(=O)OC2C(OC3CC(O)C(OC)C(O)/C3=C\C#N)OC(CO)C(O)C2O)ccc1O. The lowest BCUT2D eigenvalue weighted by atomic mass is 9.84. The summed E-state index contributed by atoms with van der Waals surface area (Å²) < 4.78 is 26.9. The van der Waals surface area contributed by atoms with Crippen LogP contribution >= 0.6 is 0 Å². The number of aliphatic hydroxyl groups excluding tert-OH is 5. The fraction of sp³-hybridized carbons (Fsp3) is 0.520. The van der Waals surface area contributed by atoms with E-state index in [1.54, 1.807) is 6.07 Å². The number of benzene rings is 1. The largest absolute Gasteiger partial charge is 0.504 e. The second-order valence-electron chi connectivity index (χ2n) is 8.72. The summed E-state index contributed by atoms with van der Waals surface area (Å²) in [5, 5.41) is 70.5. The van der Waals surface area contributed by atoms with Gasteiger partial charge in [-0.25, -0.2) is 4.79 Å². The molecule has 208 valence electrons. The van der Waals surface area contributed by atoms with Crippen LogP contribution in [0.25, 0.3) is 6.08 Å². The molecule has 9 unspecified atom stereocenters. The molecule has 1 heterocycles. The van der Waals surface area contributed by atoms with Gasteiger partial charge >= 0.3 is 5.97 Å². The molecule has 2 aliphatic rings. The Morgan fingerprint density at radius 1 is 1.18 bits per heavy atom. The van der Waals surface area contributed by atoms with E-state index in [1.165, 1.54) is 38.5 Å². The maximum atomic E-state index is 12.6. The summed E-state index contributed by atoms with van der Waals surface area (Å²) in [5.41, 5.74) is 0.537. The summed E-state index contributed by atoms with van der Waals surface area (Å²) in [4.78, 5) is 12.6. The number of ether oxygens (including phenoxy) is 5. The van der Waals surface area contributed by atoms with E-state index in [0.29, 0.717) is 5.56 Å². The van der Waals surface area contributed by atoms with Crippen LogP contribution in [0.5, 0.6) is 11.5 Å². The Hall–Kier alpha value is -3.06. The van der Waals surface area contributed by atoms with E-state index in [1.807, 2.05) is 0 Å². The molecule has 0 spiro atoms. The zero-order valence-electron chi connectivity index (χ0n) is 20.7. The number of aliphatic hydroxyl groups is 5. The fourth-order valence-electron chi connectivity index (χ4n) is 4.34. The minimum absolute atomic E-state index is 0.0562. The number of nitriles is 1. The van der Waals surface area contributed by atoms with Gasteiger partial charge in [0, 0.05) is 31.3 Å². The monoisotopic (exact) mass is 537 g/mol. The molecule has 1 saturated heterocycles. The molecule has 0 radical (unpaired) electrons. The van der Waals surface area contributed by atoms with Crippen LogP contribution in [-0.2, 0) is 23.7 Å². The Bertz CT molecular complexity index is 1070. The standard InChI is InChI=1S/C25H31NO12/c1-34-17-9-12(3-5-14(17)28)4-6-19(30)38-24-22(33)21(32)18(11-27)37-25(24)36-16-10-15(29)23(35-2)20(31)13(16)7-8-26/h3-7,9,15-16,18,20-25,27-29,31-33H,10-11H2,1-2H3/b6-4+,13-7-. The maximum absolute atomic E-state index is 12.6. The number of carbonyl (C=O) groups is 1. The van der Waals surface area contributed by atoms with Crippen molar-refractivity contribution in [1.82, 2.24) is 0 Å². The topological polar surface area (TPSA) is 208 Å². The van der Waals surface area contributed by atoms with Crippen LogP contribution in [0.3, 0.4) is 0 Å². The molecule has 1 saturated carbocycles.